The van der Waals surface area contributed by atoms with Gasteiger partial charge in [-0.15, -0.1) is 12.8 Å². The third-order valence-corrected chi connectivity index (χ3v) is 2.69. The van der Waals surface area contributed by atoms with Crippen molar-refractivity contribution < 1.29 is 32.7 Å². The summed E-state index contributed by atoms with van der Waals surface area (Å²) in [4.78, 5) is 0. The van der Waals surface area contributed by atoms with Crippen LogP contribution < -0.4 is 0 Å². The third-order valence-electron chi connectivity index (χ3n) is 2.69. The van der Waals surface area contributed by atoms with Gasteiger partial charge in [0.25, 0.3) is 0 Å². The van der Waals surface area contributed by atoms with E-state index in [1.807, 2.05) is 0 Å². The summed E-state index contributed by atoms with van der Waals surface area (Å²) in [7, 11) is 0. The van der Waals surface area contributed by atoms with Gasteiger partial charge in [-0.3, -0.25) is 12.2 Å². The van der Waals surface area contributed by atoms with Gasteiger partial charge in [0.2, 0.25) is 0 Å². The summed E-state index contributed by atoms with van der Waals surface area (Å²) in [5.41, 5.74) is 2.73. The molecule has 2 aliphatic carbocycles. The topological polar surface area (TPSA) is 0 Å². The average Bonchev–Trinajstić information content (AvgIpc) is 2.93. The summed E-state index contributed by atoms with van der Waals surface area (Å²) >= 11 is 0. The van der Waals surface area contributed by atoms with E-state index in [1.54, 1.807) is 0 Å². The minimum atomic E-state index is 0. The Labute approximate surface area is 132 Å². The molecule has 0 aromatic heterocycles. The van der Waals surface area contributed by atoms with Crippen molar-refractivity contribution in [1.29, 1.82) is 0 Å². The third kappa shape index (κ3) is 6.53. The largest absolute Gasteiger partial charge is 0.269 e. The van der Waals surface area contributed by atoms with Gasteiger partial charge in [0, 0.05) is 32.7 Å². The molecule has 0 aliphatic heterocycles. The van der Waals surface area contributed by atoms with Crippen LogP contribution in [0.4, 0.5) is 0 Å². The van der Waals surface area contributed by atoms with Gasteiger partial charge in [-0.05, 0) is 0 Å². The minimum absolute atomic E-state index is 0. The molecule has 0 atom stereocenters. The summed E-state index contributed by atoms with van der Waals surface area (Å²) < 4.78 is 0. The van der Waals surface area contributed by atoms with Gasteiger partial charge in [-0.25, -0.2) is 23.3 Å². The standard InChI is InChI=1S/2C8H11.Y/c2*1-7(2)8-5-3-4-6-8;/h2*3,5,7H,4H2,1-2H3;/q2*-1;. The average molecular weight is 303 g/mol. The van der Waals surface area contributed by atoms with E-state index < -0.39 is 0 Å². The Hall–Kier alpha value is 0.0639. The second kappa shape index (κ2) is 9.06. The molecule has 0 unspecified atom stereocenters. The smallest absolute Gasteiger partial charge is 0 e. The van der Waals surface area contributed by atoms with Crippen molar-refractivity contribution in [3.63, 3.8) is 0 Å². The number of rotatable bonds is 2. The molecule has 17 heavy (non-hydrogen) atoms. The molecule has 2 aliphatic rings. The fourth-order valence-corrected chi connectivity index (χ4v) is 1.64. The maximum atomic E-state index is 3.26. The molecule has 0 heterocycles. The Morgan fingerprint density at radius 2 is 1.18 bits per heavy atom. The normalized spacial score (nSPS) is 16.6. The van der Waals surface area contributed by atoms with Crippen LogP contribution in [0.5, 0.6) is 0 Å². The molecule has 0 aromatic rings. The van der Waals surface area contributed by atoms with Crippen LogP contribution in [-0.4, -0.2) is 0 Å². The molecule has 0 fully saturated rings. The van der Waals surface area contributed by atoms with Gasteiger partial charge >= 0.3 is 0 Å². The quantitative estimate of drug-likeness (QED) is 0.651. The zero-order valence-electron chi connectivity index (χ0n) is 11.5. The van der Waals surface area contributed by atoms with Crippen LogP contribution in [0.25, 0.3) is 0 Å². The second-order valence-corrected chi connectivity index (χ2v) is 4.79. The monoisotopic (exact) mass is 303 g/mol. The molecular weight excluding hydrogens is 281 g/mol. The number of allylic oxidation sites excluding steroid dienone is 8. The Morgan fingerprint density at radius 3 is 1.29 bits per heavy atom. The fraction of sp³-hybridized carbons (Fsp3) is 0.500. The summed E-state index contributed by atoms with van der Waals surface area (Å²) in [6.45, 7) is 8.77. The first-order valence-electron chi connectivity index (χ1n) is 6.15. The van der Waals surface area contributed by atoms with Crippen LogP contribution in [-0.2, 0) is 32.7 Å². The SMILES string of the molecule is CC(C)C1=[C-]CC=C1.CC(C)C1=[C-]CC=C1.[Y]. The molecule has 0 saturated heterocycles. The van der Waals surface area contributed by atoms with Crippen LogP contribution in [0.1, 0.15) is 40.5 Å². The van der Waals surface area contributed by atoms with Crippen molar-refractivity contribution in [1.82, 2.24) is 0 Å². The van der Waals surface area contributed by atoms with Crippen LogP contribution in [0.15, 0.2) is 35.5 Å². The van der Waals surface area contributed by atoms with Crippen LogP contribution >= 0.6 is 0 Å². The number of hydrogen-bond acceptors (Lipinski definition) is 0. The molecule has 91 valence electrons. The van der Waals surface area contributed by atoms with Gasteiger partial charge in [0.15, 0.2) is 0 Å². The van der Waals surface area contributed by atoms with Crippen LogP contribution in [0, 0.1) is 24.0 Å². The Bertz CT molecular complexity index is 293. The molecular formula is C16H22Y-2. The molecule has 0 spiro atoms. The van der Waals surface area contributed by atoms with E-state index in [0.29, 0.717) is 11.8 Å². The predicted octanol–water partition coefficient (Wildman–Crippen LogP) is 4.66. The summed E-state index contributed by atoms with van der Waals surface area (Å²) in [6.07, 6.45) is 17.2. The summed E-state index contributed by atoms with van der Waals surface area (Å²) in [5.74, 6) is 1.32. The Balaban J connectivity index is 0.000000284. The minimum Gasteiger partial charge on any atom is -0.269 e. The number of hydrogen-bond donors (Lipinski definition) is 0. The maximum Gasteiger partial charge on any atom is 0 e. The van der Waals surface area contributed by atoms with Crippen molar-refractivity contribution in [3.8, 4) is 0 Å². The Kier molecular flexibility index (Phi) is 9.09. The molecule has 0 amide bonds. The molecule has 1 heteroatoms. The first-order chi connectivity index (χ1) is 7.61. The molecule has 0 saturated carbocycles. The Morgan fingerprint density at radius 1 is 0.824 bits per heavy atom. The van der Waals surface area contributed by atoms with Gasteiger partial charge < -0.3 is 0 Å². The van der Waals surface area contributed by atoms with E-state index in [2.05, 4.69) is 64.2 Å². The summed E-state index contributed by atoms with van der Waals surface area (Å²) in [5, 5.41) is 0. The van der Waals surface area contributed by atoms with Gasteiger partial charge in [0.05, 0.1) is 0 Å². The molecule has 0 bridgehead atoms. The zero-order valence-corrected chi connectivity index (χ0v) is 14.3. The summed E-state index contributed by atoms with van der Waals surface area (Å²) in [6, 6.07) is 0. The van der Waals surface area contributed by atoms with Crippen molar-refractivity contribution in [3.05, 3.63) is 47.6 Å². The first kappa shape index (κ1) is 17.1. The molecule has 0 N–H and O–H groups in total. The van der Waals surface area contributed by atoms with E-state index >= 15 is 0 Å². The molecule has 0 aromatic carbocycles. The van der Waals surface area contributed by atoms with E-state index in [9.17, 15) is 0 Å². The van der Waals surface area contributed by atoms with E-state index in [-0.39, 0.29) is 32.7 Å². The predicted molar refractivity (Wildman–Crippen MR) is 70.7 cm³/mol. The van der Waals surface area contributed by atoms with Crippen molar-refractivity contribution in [2.24, 2.45) is 11.8 Å². The van der Waals surface area contributed by atoms with Crippen LogP contribution in [0.2, 0.25) is 0 Å². The zero-order chi connectivity index (χ0) is 12.0. The van der Waals surface area contributed by atoms with E-state index in [1.165, 1.54) is 11.1 Å². The van der Waals surface area contributed by atoms with Gasteiger partial charge in [-0.1, -0.05) is 39.5 Å². The van der Waals surface area contributed by atoms with Crippen molar-refractivity contribution >= 4 is 0 Å². The van der Waals surface area contributed by atoms with Gasteiger partial charge in [0.1, 0.15) is 0 Å². The van der Waals surface area contributed by atoms with E-state index in [0.717, 1.165) is 12.8 Å². The second-order valence-electron chi connectivity index (χ2n) is 4.79. The molecule has 0 nitrogen and oxygen atoms in total. The maximum absolute atomic E-state index is 3.26. The van der Waals surface area contributed by atoms with Gasteiger partial charge in [-0.2, -0.15) is 12.2 Å². The molecule has 2 rings (SSSR count). The fourth-order valence-electron chi connectivity index (χ4n) is 1.64. The molecule has 1 radical (unpaired) electrons. The first-order valence-corrected chi connectivity index (χ1v) is 6.15. The van der Waals surface area contributed by atoms with E-state index in [4.69, 9.17) is 0 Å². The van der Waals surface area contributed by atoms with Crippen molar-refractivity contribution in [2.75, 3.05) is 0 Å². The van der Waals surface area contributed by atoms with Crippen LogP contribution in [0.3, 0.4) is 0 Å². The van der Waals surface area contributed by atoms with Crippen molar-refractivity contribution in [2.45, 2.75) is 40.5 Å².